The monoisotopic (exact) mass is 348 g/mol. The molecule has 2 N–H and O–H groups in total. The van der Waals surface area contributed by atoms with Crippen molar-refractivity contribution in [3.05, 3.63) is 29.3 Å². The molecule has 2 unspecified atom stereocenters. The molecule has 0 saturated carbocycles. The highest BCUT2D eigenvalue weighted by atomic mass is 35.5. The Bertz CT molecular complexity index is 442. The molecule has 0 bridgehead atoms. The van der Waals surface area contributed by atoms with Crippen molar-refractivity contribution in [2.75, 3.05) is 18.8 Å². The molecule has 0 radical (unpaired) electrons. The quantitative estimate of drug-likeness (QED) is 0.801. The Kier molecular flexibility index (Phi) is 8.49. The van der Waals surface area contributed by atoms with E-state index in [4.69, 9.17) is 11.6 Å². The fourth-order valence-electron chi connectivity index (χ4n) is 2.30. The zero-order valence-corrected chi connectivity index (χ0v) is 14.5. The first-order valence-corrected chi connectivity index (χ1v) is 8.40. The first kappa shape index (κ1) is 18.6. The summed E-state index contributed by atoms with van der Waals surface area (Å²) in [5, 5.41) is 7.23. The summed E-state index contributed by atoms with van der Waals surface area (Å²) >= 11 is 7.53. The van der Waals surface area contributed by atoms with E-state index in [1.54, 1.807) is 11.8 Å². The Morgan fingerprint density at radius 2 is 2.14 bits per heavy atom. The lowest BCUT2D eigenvalue weighted by molar-refractivity contribution is -0.121. The number of carbonyl (C=O) groups is 1. The SMILES string of the molecule is CC1CNCCC1NC(=O)CCSc1ccc(Cl)cc1.Cl. The van der Waals surface area contributed by atoms with E-state index in [1.165, 1.54) is 0 Å². The van der Waals surface area contributed by atoms with E-state index >= 15 is 0 Å². The number of rotatable bonds is 5. The van der Waals surface area contributed by atoms with Gasteiger partial charge in [-0.05, 0) is 49.7 Å². The molecular weight excluding hydrogens is 327 g/mol. The van der Waals surface area contributed by atoms with Gasteiger partial charge in [-0.3, -0.25) is 4.79 Å². The minimum absolute atomic E-state index is 0. The van der Waals surface area contributed by atoms with Crippen LogP contribution in [0.25, 0.3) is 0 Å². The minimum Gasteiger partial charge on any atom is -0.353 e. The number of carbonyl (C=O) groups excluding carboxylic acids is 1. The van der Waals surface area contributed by atoms with Gasteiger partial charge in [-0.15, -0.1) is 24.2 Å². The number of benzene rings is 1. The zero-order valence-electron chi connectivity index (χ0n) is 12.1. The number of thioether (sulfide) groups is 1. The van der Waals surface area contributed by atoms with Crippen LogP contribution in [0.15, 0.2) is 29.2 Å². The van der Waals surface area contributed by atoms with Crippen LogP contribution in [-0.4, -0.2) is 30.8 Å². The molecule has 6 heteroatoms. The van der Waals surface area contributed by atoms with Crippen LogP contribution in [0.2, 0.25) is 5.02 Å². The summed E-state index contributed by atoms with van der Waals surface area (Å²) in [6, 6.07) is 8.05. The number of halogens is 2. The van der Waals surface area contributed by atoms with Crippen molar-refractivity contribution in [3.8, 4) is 0 Å². The maximum atomic E-state index is 11.9. The number of amides is 1. The van der Waals surface area contributed by atoms with Crippen LogP contribution in [0, 0.1) is 5.92 Å². The molecule has 1 amide bonds. The second-order valence-corrected chi connectivity index (χ2v) is 6.80. The van der Waals surface area contributed by atoms with Crippen molar-refractivity contribution < 1.29 is 4.79 Å². The highest BCUT2D eigenvalue weighted by Crippen LogP contribution is 2.21. The molecule has 3 nitrogen and oxygen atoms in total. The first-order valence-electron chi connectivity index (χ1n) is 7.03. The summed E-state index contributed by atoms with van der Waals surface area (Å²) in [7, 11) is 0. The average molecular weight is 349 g/mol. The van der Waals surface area contributed by atoms with Gasteiger partial charge >= 0.3 is 0 Å². The van der Waals surface area contributed by atoms with Crippen LogP contribution in [0.5, 0.6) is 0 Å². The van der Waals surface area contributed by atoms with Crippen LogP contribution >= 0.6 is 35.8 Å². The Labute approximate surface area is 142 Å². The summed E-state index contributed by atoms with van der Waals surface area (Å²) < 4.78 is 0. The summed E-state index contributed by atoms with van der Waals surface area (Å²) in [4.78, 5) is 13.1. The molecule has 118 valence electrons. The minimum atomic E-state index is 0. The Morgan fingerprint density at radius 3 is 2.81 bits per heavy atom. The molecular formula is C15H22Cl2N2OS. The van der Waals surface area contributed by atoms with Crippen LogP contribution in [-0.2, 0) is 4.79 Å². The largest absolute Gasteiger partial charge is 0.353 e. The fraction of sp³-hybridized carbons (Fsp3) is 0.533. The number of piperidine rings is 1. The van der Waals surface area contributed by atoms with Gasteiger partial charge in [0.1, 0.15) is 0 Å². The van der Waals surface area contributed by atoms with Gasteiger partial charge in [0.15, 0.2) is 0 Å². The molecule has 0 aromatic heterocycles. The van der Waals surface area contributed by atoms with E-state index in [0.717, 1.165) is 35.2 Å². The van der Waals surface area contributed by atoms with Gasteiger partial charge in [0, 0.05) is 28.1 Å². The third-order valence-electron chi connectivity index (χ3n) is 3.54. The molecule has 1 aromatic carbocycles. The summed E-state index contributed by atoms with van der Waals surface area (Å²) in [5.41, 5.74) is 0. The second kappa shape index (κ2) is 9.57. The lowest BCUT2D eigenvalue weighted by Crippen LogP contribution is -2.48. The summed E-state index contributed by atoms with van der Waals surface area (Å²) in [6.07, 6.45) is 1.58. The first-order chi connectivity index (χ1) is 9.65. The van der Waals surface area contributed by atoms with Gasteiger partial charge in [0.2, 0.25) is 5.91 Å². The summed E-state index contributed by atoms with van der Waals surface area (Å²) in [5.74, 6) is 1.47. The van der Waals surface area contributed by atoms with Crippen molar-refractivity contribution >= 4 is 41.7 Å². The van der Waals surface area contributed by atoms with Gasteiger partial charge in [-0.1, -0.05) is 18.5 Å². The predicted octanol–water partition coefficient (Wildman–Crippen LogP) is 3.36. The number of hydrogen-bond acceptors (Lipinski definition) is 3. The molecule has 1 fully saturated rings. The average Bonchev–Trinajstić information content (AvgIpc) is 2.44. The highest BCUT2D eigenvalue weighted by molar-refractivity contribution is 7.99. The van der Waals surface area contributed by atoms with Gasteiger partial charge in [0.25, 0.3) is 0 Å². The second-order valence-electron chi connectivity index (χ2n) is 5.20. The van der Waals surface area contributed by atoms with Crippen molar-refractivity contribution in [2.45, 2.75) is 30.7 Å². The topological polar surface area (TPSA) is 41.1 Å². The third kappa shape index (κ3) is 6.47. The maximum Gasteiger partial charge on any atom is 0.221 e. The number of nitrogens with one attached hydrogen (secondary N) is 2. The lowest BCUT2D eigenvalue weighted by atomic mass is 9.95. The van der Waals surface area contributed by atoms with E-state index < -0.39 is 0 Å². The van der Waals surface area contributed by atoms with Crippen LogP contribution in [0.3, 0.4) is 0 Å². The van der Waals surface area contributed by atoms with E-state index in [-0.39, 0.29) is 18.3 Å². The molecule has 1 aromatic rings. The Morgan fingerprint density at radius 1 is 1.43 bits per heavy atom. The molecule has 2 rings (SSSR count). The van der Waals surface area contributed by atoms with Crippen molar-refractivity contribution in [1.82, 2.24) is 10.6 Å². The van der Waals surface area contributed by atoms with E-state index in [2.05, 4.69) is 17.6 Å². The molecule has 1 aliphatic heterocycles. The zero-order chi connectivity index (χ0) is 14.4. The Hall–Kier alpha value is -0.420. The number of hydrogen-bond donors (Lipinski definition) is 2. The summed E-state index contributed by atoms with van der Waals surface area (Å²) in [6.45, 7) is 4.17. The van der Waals surface area contributed by atoms with Crippen molar-refractivity contribution in [1.29, 1.82) is 0 Å². The molecule has 0 aliphatic carbocycles. The van der Waals surface area contributed by atoms with Gasteiger partial charge in [-0.25, -0.2) is 0 Å². The van der Waals surface area contributed by atoms with Gasteiger partial charge in [0.05, 0.1) is 0 Å². The van der Waals surface area contributed by atoms with Crippen LogP contribution < -0.4 is 10.6 Å². The smallest absolute Gasteiger partial charge is 0.221 e. The van der Waals surface area contributed by atoms with E-state index in [1.807, 2.05) is 24.3 Å². The lowest BCUT2D eigenvalue weighted by Gasteiger charge is -2.30. The molecule has 1 saturated heterocycles. The molecule has 1 heterocycles. The molecule has 1 aliphatic rings. The standard InChI is InChI=1S/C15H21ClN2OS.ClH/c1-11-10-17-8-6-14(11)18-15(19)7-9-20-13-4-2-12(16)3-5-13;/h2-5,11,14,17H,6-10H2,1H3,(H,18,19);1H. The third-order valence-corrected chi connectivity index (χ3v) is 4.81. The molecule has 2 atom stereocenters. The highest BCUT2D eigenvalue weighted by Gasteiger charge is 2.22. The van der Waals surface area contributed by atoms with Gasteiger partial charge < -0.3 is 10.6 Å². The van der Waals surface area contributed by atoms with Gasteiger partial charge in [-0.2, -0.15) is 0 Å². The normalized spacial score (nSPS) is 21.4. The van der Waals surface area contributed by atoms with E-state index in [0.29, 0.717) is 18.4 Å². The van der Waals surface area contributed by atoms with Crippen molar-refractivity contribution in [2.24, 2.45) is 5.92 Å². The molecule has 21 heavy (non-hydrogen) atoms. The maximum absolute atomic E-state index is 11.9. The predicted molar refractivity (Wildman–Crippen MR) is 92.6 cm³/mol. The van der Waals surface area contributed by atoms with E-state index in [9.17, 15) is 4.79 Å². The van der Waals surface area contributed by atoms with Crippen LogP contribution in [0.4, 0.5) is 0 Å². The molecule has 0 spiro atoms. The fourth-order valence-corrected chi connectivity index (χ4v) is 3.28. The van der Waals surface area contributed by atoms with Crippen molar-refractivity contribution in [3.63, 3.8) is 0 Å². The Balaban J connectivity index is 0.00000220. The van der Waals surface area contributed by atoms with Crippen LogP contribution in [0.1, 0.15) is 19.8 Å².